The number of anilines is 1. The van der Waals surface area contributed by atoms with Gasteiger partial charge in [0.1, 0.15) is 5.82 Å². The van der Waals surface area contributed by atoms with Crippen molar-refractivity contribution in [1.82, 2.24) is 15.0 Å². The summed E-state index contributed by atoms with van der Waals surface area (Å²) >= 11 is 1.65. The van der Waals surface area contributed by atoms with Crippen molar-refractivity contribution in [3.63, 3.8) is 0 Å². The van der Waals surface area contributed by atoms with Crippen molar-refractivity contribution < 1.29 is 4.39 Å². The summed E-state index contributed by atoms with van der Waals surface area (Å²) in [5.74, 6) is 0.378. The van der Waals surface area contributed by atoms with Gasteiger partial charge in [-0.3, -0.25) is 0 Å². The molecule has 1 aliphatic carbocycles. The second-order valence-corrected chi connectivity index (χ2v) is 9.42. The summed E-state index contributed by atoms with van der Waals surface area (Å²) in [6.07, 6.45) is 8.38. The molecular formula is C24H29FN4S. The van der Waals surface area contributed by atoms with Crippen LogP contribution in [0.1, 0.15) is 64.3 Å². The Morgan fingerprint density at radius 3 is 2.50 bits per heavy atom. The number of hydrogen-bond donors (Lipinski definition) is 1. The molecule has 3 aromatic rings. The smallest absolute Gasteiger partial charge is 0.223 e. The molecule has 1 aromatic carbocycles. The predicted molar refractivity (Wildman–Crippen MR) is 122 cm³/mol. The van der Waals surface area contributed by atoms with Gasteiger partial charge in [-0.05, 0) is 43.9 Å². The Hall–Kier alpha value is -2.34. The van der Waals surface area contributed by atoms with Crippen molar-refractivity contribution >= 4 is 17.3 Å². The van der Waals surface area contributed by atoms with E-state index in [-0.39, 0.29) is 11.2 Å². The minimum absolute atomic E-state index is 0.0193. The number of nitrogens with zero attached hydrogens (tertiary/aromatic N) is 3. The maximum absolute atomic E-state index is 14.8. The highest BCUT2D eigenvalue weighted by Gasteiger charge is 2.31. The lowest BCUT2D eigenvalue weighted by molar-refractivity contribution is 0.390. The van der Waals surface area contributed by atoms with E-state index in [1.165, 1.54) is 6.07 Å². The molecule has 1 fully saturated rings. The fourth-order valence-electron chi connectivity index (χ4n) is 4.00. The molecule has 0 amide bonds. The zero-order valence-corrected chi connectivity index (χ0v) is 18.7. The van der Waals surface area contributed by atoms with E-state index in [9.17, 15) is 4.39 Å². The third-order valence-corrected chi connectivity index (χ3v) is 7.06. The lowest BCUT2D eigenvalue weighted by Crippen LogP contribution is -2.21. The van der Waals surface area contributed by atoms with Crippen LogP contribution in [0.3, 0.4) is 0 Å². The first kappa shape index (κ1) is 20.9. The van der Waals surface area contributed by atoms with Gasteiger partial charge in [-0.25, -0.2) is 19.3 Å². The van der Waals surface area contributed by atoms with Crippen LogP contribution in [0.5, 0.6) is 0 Å². The van der Waals surface area contributed by atoms with Crippen LogP contribution in [0.2, 0.25) is 0 Å². The molecule has 0 bridgehead atoms. The van der Waals surface area contributed by atoms with Gasteiger partial charge in [0, 0.05) is 23.2 Å². The average Bonchev–Trinajstić information content (AvgIpc) is 3.42. The summed E-state index contributed by atoms with van der Waals surface area (Å²) in [6.45, 7) is 6.70. The molecule has 4 rings (SSSR count). The second kappa shape index (κ2) is 8.80. The second-order valence-electron chi connectivity index (χ2n) is 8.42. The molecule has 30 heavy (non-hydrogen) atoms. The van der Waals surface area contributed by atoms with Crippen LogP contribution in [-0.2, 0) is 5.41 Å². The van der Waals surface area contributed by atoms with Crippen LogP contribution in [-0.4, -0.2) is 21.0 Å². The Kier molecular flexibility index (Phi) is 6.14. The molecule has 0 radical (unpaired) electrons. The van der Waals surface area contributed by atoms with Crippen molar-refractivity contribution in [2.24, 2.45) is 0 Å². The minimum Gasteiger partial charge on any atom is -0.351 e. The third kappa shape index (κ3) is 4.38. The van der Waals surface area contributed by atoms with Crippen LogP contribution in [0.25, 0.3) is 21.8 Å². The van der Waals surface area contributed by atoms with Gasteiger partial charge in [0.15, 0.2) is 0 Å². The van der Waals surface area contributed by atoms with Gasteiger partial charge in [-0.15, -0.1) is 11.3 Å². The fourth-order valence-corrected chi connectivity index (χ4v) is 5.25. The minimum atomic E-state index is -0.256. The first-order valence-electron chi connectivity index (χ1n) is 10.9. The average molecular weight is 425 g/mol. The van der Waals surface area contributed by atoms with E-state index >= 15 is 0 Å². The van der Waals surface area contributed by atoms with Gasteiger partial charge in [-0.2, -0.15) is 0 Å². The normalized spacial score (nSPS) is 14.1. The molecule has 158 valence electrons. The predicted octanol–water partition coefficient (Wildman–Crippen LogP) is 6.84. The highest BCUT2D eigenvalue weighted by molar-refractivity contribution is 7.15. The van der Waals surface area contributed by atoms with E-state index in [4.69, 9.17) is 9.97 Å². The number of thiazole rings is 1. The van der Waals surface area contributed by atoms with E-state index in [0.717, 1.165) is 54.1 Å². The summed E-state index contributed by atoms with van der Waals surface area (Å²) in [5, 5.41) is 4.43. The molecule has 1 saturated carbocycles. The zero-order valence-electron chi connectivity index (χ0n) is 17.9. The Labute approximate surface area is 182 Å². The van der Waals surface area contributed by atoms with Crippen LogP contribution in [0, 0.1) is 5.82 Å². The first-order valence-corrected chi connectivity index (χ1v) is 11.7. The maximum atomic E-state index is 14.8. The van der Waals surface area contributed by atoms with Crippen LogP contribution >= 0.6 is 11.3 Å². The van der Waals surface area contributed by atoms with Gasteiger partial charge < -0.3 is 5.32 Å². The number of halogens is 1. The monoisotopic (exact) mass is 424 g/mol. The molecule has 4 nitrogen and oxygen atoms in total. The highest BCUT2D eigenvalue weighted by Crippen LogP contribution is 2.44. The zero-order chi connectivity index (χ0) is 21.1. The number of benzene rings is 1. The largest absolute Gasteiger partial charge is 0.351 e. The number of rotatable bonds is 9. The molecule has 0 aliphatic heterocycles. The van der Waals surface area contributed by atoms with Gasteiger partial charge in [0.05, 0.1) is 21.3 Å². The Balaban J connectivity index is 1.84. The standard InChI is InChI=1S/C24H29FN4S/c1-4-13-24(3,14-5-2)22-29-20(17-8-6-7-9-18(17)25)21(30-22)19-12-15-26-23(28-19)27-16-10-11-16/h6-9,12,15-16H,4-5,10-11,13-14H2,1-3H3,(H,26,27,28). The number of hydrogen-bond acceptors (Lipinski definition) is 5. The summed E-state index contributed by atoms with van der Waals surface area (Å²) in [7, 11) is 0. The Morgan fingerprint density at radius 1 is 1.10 bits per heavy atom. The maximum Gasteiger partial charge on any atom is 0.223 e. The van der Waals surface area contributed by atoms with Gasteiger partial charge in [-0.1, -0.05) is 45.7 Å². The quantitative estimate of drug-likeness (QED) is 0.409. The lowest BCUT2D eigenvalue weighted by Gasteiger charge is -2.26. The lowest BCUT2D eigenvalue weighted by atomic mass is 9.82. The number of aromatic nitrogens is 3. The van der Waals surface area contributed by atoms with Crippen molar-refractivity contribution in [2.75, 3.05) is 5.32 Å². The van der Waals surface area contributed by atoms with Crippen LogP contribution in [0.15, 0.2) is 36.5 Å². The topological polar surface area (TPSA) is 50.7 Å². The first-order chi connectivity index (χ1) is 14.5. The molecule has 0 saturated heterocycles. The SMILES string of the molecule is CCCC(C)(CCC)c1nc(-c2ccccc2F)c(-c2ccnc(NC3CC3)n2)s1. The van der Waals surface area contributed by atoms with E-state index in [0.29, 0.717) is 23.2 Å². The molecule has 0 unspecified atom stereocenters. The third-order valence-electron chi connectivity index (χ3n) is 5.67. The number of nitrogens with one attached hydrogen (secondary N) is 1. The van der Waals surface area contributed by atoms with Crippen LogP contribution in [0.4, 0.5) is 10.3 Å². The van der Waals surface area contributed by atoms with Gasteiger partial charge in [0.2, 0.25) is 5.95 Å². The summed E-state index contributed by atoms with van der Waals surface area (Å²) in [5.41, 5.74) is 1.99. The highest BCUT2D eigenvalue weighted by atomic mass is 32.1. The van der Waals surface area contributed by atoms with E-state index in [1.54, 1.807) is 29.7 Å². The summed E-state index contributed by atoms with van der Waals surface area (Å²) in [6, 6.07) is 9.25. The molecule has 0 atom stereocenters. The van der Waals surface area contributed by atoms with Gasteiger partial charge >= 0.3 is 0 Å². The van der Waals surface area contributed by atoms with E-state index < -0.39 is 0 Å². The van der Waals surface area contributed by atoms with Crippen molar-refractivity contribution in [3.05, 3.63) is 47.4 Å². The molecule has 6 heteroatoms. The molecule has 2 heterocycles. The summed E-state index contributed by atoms with van der Waals surface area (Å²) in [4.78, 5) is 15.1. The van der Waals surface area contributed by atoms with E-state index in [2.05, 4.69) is 31.1 Å². The van der Waals surface area contributed by atoms with E-state index in [1.807, 2.05) is 12.1 Å². The Morgan fingerprint density at radius 2 is 1.83 bits per heavy atom. The summed E-state index contributed by atoms with van der Waals surface area (Å²) < 4.78 is 14.8. The van der Waals surface area contributed by atoms with Crippen molar-refractivity contribution in [1.29, 1.82) is 0 Å². The van der Waals surface area contributed by atoms with Crippen molar-refractivity contribution in [2.45, 2.75) is 70.8 Å². The van der Waals surface area contributed by atoms with Gasteiger partial charge in [0.25, 0.3) is 0 Å². The fraction of sp³-hybridized carbons (Fsp3) is 0.458. The van der Waals surface area contributed by atoms with Crippen molar-refractivity contribution in [3.8, 4) is 21.8 Å². The molecule has 1 aliphatic rings. The molecule has 2 aromatic heterocycles. The van der Waals surface area contributed by atoms with Crippen LogP contribution < -0.4 is 5.32 Å². The Bertz CT molecular complexity index is 1010. The molecule has 0 spiro atoms. The molecular weight excluding hydrogens is 395 g/mol. The molecule has 1 N–H and O–H groups in total.